The monoisotopic (exact) mass is 353 g/mol. The maximum absolute atomic E-state index is 12.8. The average molecular weight is 353 g/mol. The van der Waals surface area contributed by atoms with Crippen LogP contribution < -0.4 is 10.1 Å². The smallest absolute Gasteiger partial charge is 0.271 e. The van der Waals surface area contributed by atoms with Gasteiger partial charge in [0.1, 0.15) is 11.6 Å². The molecule has 1 N–H and O–H groups in total. The van der Waals surface area contributed by atoms with Crippen LogP contribution in [0.25, 0.3) is 5.69 Å². The third kappa shape index (κ3) is 4.47. The van der Waals surface area contributed by atoms with Gasteiger partial charge in [-0.2, -0.15) is 5.10 Å². The summed E-state index contributed by atoms with van der Waals surface area (Å²) in [4.78, 5) is 12.2. The van der Waals surface area contributed by atoms with Crippen LogP contribution in [0.5, 0.6) is 5.75 Å². The summed E-state index contributed by atoms with van der Waals surface area (Å²) in [5, 5.41) is 7.20. The van der Waals surface area contributed by atoms with E-state index in [1.807, 2.05) is 37.3 Å². The highest BCUT2D eigenvalue weighted by Gasteiger charge is 2.12. The number of carbonyl (C=O) groups is 1. The fraction of sp³-hybridized carbons (Fsp3) is 0.200. The molecule has 0 fully saturated rings. The minimum atomic E-state index is -0.296. The molecule has 0 unspecified atom stereocenters. The molecule has 1 heterocycles. The summed E-state index contributed by atoms with van der Waals surface area (Å²) in [5.41, 5.74) is 2.18. The maximum Gasteiger partial charge on any atom is 0.271 e. The number of ether oxygens (including phenoxy) is 1. The fourth-order valence-electron chi connectivity index (χ4n) is 2.50. The zero-order chi connectivity index (χ0) is 18.4. The normalized spacial score (nSPS) is 10.5. The Labute approximate surface area is 151 Å². The van der Waals surface area contributed by atoms with Gasteiger partial charge >= 0.3 is 0 Å². The number of benzene rings is 2. The van der Waals surface area contributed by atoms with E-state index in [0.29, 0.717) is 31.0 Å². The number of rotatable bonds is 7. The van der Waals surface area contributed by atoms with E-state index < -0.39 is 0 Å². The number of halogens is 1. The molecule has 6 heteroatoms. The zero-order valence-corrected chi connectivity index (χ0v) is 14.5. The molecule has 0 aliphatic rings. The molecule has 2 aromatic carbocycles. The largest absolute Gasteiger partial charge is 0.494 e. The molecule has 0 aliphatic heterocycles. The summed E-state index contributed by atoms with van der Waals surface area (Å²) in [6.07, 6.45) is 0.640. The first kappa shape index (κ1) is 17.7. The van der Waals surface area contributed by atoms with Crippen LogP contribution in [0.3, 0.4) is 0 Å². The van der Waals surface area contributed by atoms with Crippen LogP contribution >= 0.6 is 0 Å². The lowest BCUT2D eigenvalue weighted by molar-refractivity contribution is 0.0946. The molecule has 0 atom stereocenters. The summed E-state index contributed by atoms with van der Waals surface area (Å²) >= 11 is 0. The van der Waals surface area contributed by atoms with Gasteiger partial charge in [0, 0.05) is 12.2 Å². The lowest BCUT2D eigenvalue weighted by Gasteiger charge is -2.06. The molecule has 5 nitrogen and oxygen atoms in total. The van der Waals surface area contributed by atoms with Crippen molar-refractivity contribution >= 4 is 5.91 Å². The number of hydrogen-bond donors (Lipinski definition) is 1. The van der Waals surface area contributed by atoms with Crippen molar-refractivity contribution in [2.24, 2.45) is 0 Å². The predicted molar refractivity (Wildman–Crippen MR) is 97.1 cm³/mol. The molecule has 3 rings (SSSR count). The van der Waals surface area contributed by atoms with Crippen LogP contribution in [0.2, 0.25) is 0 Å². The quantitative estimate of drug-likeness (QED) is 0.661. The topological polar surface area (TPSA) is 56.1 Å². The van der Waals surface area contributed by atoms with Gasteiger partial charge in [0.15, 0.2) is 5.69 Å². The van der Waals surface area contributed by atoms with Gasteiger partial charge in [-0.3, -0.25) is 4.79 Å². The van der Waals surface area contributed by atoms with E-state index in [9.17, 15) is 9.18 Å². The molecule has 0 saturated carbocycles. The second kappa shape index (κ2) is 8.29. The zero-order valence-electron chi connectivity index (χ0n) is 14.5. The van der Waals surface area contributed by atoms with Gasteiger partial charge < -0.3 is 10.1 Å². The number of hydrogen-bond acceptors (Lipinski definition) is 3. The maximum atomic E-state index is 12.8. The van der Waals surface area contributed by atoms with E-state index in [1.54, 1.807) is 22.9 Å². The van der Waals surface area contributed by atoms with Crippen molar-refractivity contribution in [2.45, 2.75) is 13.3 Å². The highest BCUT2D eigenvalue weighted by molar-refractivity contribution is 5.92. The van der Waals surface area contributed by atoms with Gasteiger partial charge in [0.25, 0.3) is 5.91 Å². The van der Waals surface area contributed by atoms with E-state index >= 15 is 0 Å². The van der Waals surface area contributed by atoms with Crippen LogP contribution in [0, 0.1) is 12.7 Å². The molecule has 0 spiro atoms. The first-order chi connectivity index (χ1) is 12.6. The summed E-state index contributed by atoms with van der Waals surface area (Å²) in [7, 11) is 0. The minimum absolute atomic E-state index is 0.218. The molecular formula is C20H20FN3O2. The Kier molecular flexibility index (Phi) is 5.63. The Morgan fingerprint density at radius 3 is 2.62 bits per heavy atom. The van der Waals surface area contributed by atoms with Crippen molar-refractivity contribution in [3.8, 4) is 11.4 Å². The molecular weight excluding hydrogens is 333 g/mol. The van der Waals surface area contributed by atoms with Crippen LogP contribution in [-0.2, 0) is 0 Å². The Bertz CT molecular complexity index is 861. The van der Waals surface area contributed by atoms with E-state index in [1.165, 1.54) is 12.1 Å². The van der Waals surface area contributed by atoms with Crippen molar-refractivity contribution in [3.05, 3.63) is 77.9 Å². The van der Waals surface area contributed by atoms with Crippen molar-refractivity contribution in [1.29, 1.82) is 0 Å². The van der Waals surface area contributed by atoms with Crippen LogP contribution in [0.4, 0.5) is 4.39 Å². The van der Waals surface area contributed by atoms with E-state index in [-0.39, 0.29) is 11.7 Å². The number of nitrogens with zero attached hydrogens (tertiary/aromatic N) is 2. The first-order valence-corrected chi connectivity index (χ1v) is 8.42. The second-order valence-electron chi connectivity index (χ2n) is 5.83. The predicted octanol–water partition coefficient (Wildman–Crippen LogP) is 3.52. The molecule has 0 radical (unpaired) electrons. The number of aromatic nitrogens is 2. The molecule has 0 aliphatic carbocycles. The van der Waals surface area contributed by atoms with Crippen molar-refractivity contribution < 1.29 is 13.9 Å². The minimum Gasteiger partial charge on any atom is -0.494 e. The van der Waals surface area contributed by atoms with Crippen LogP contribution in [-0.4, -0.2) is 28.8 Å². The number of nitrogens with one attached hydrogen (secondary N) is 1. The Morgan fingerprint density at radius 2 is 1.88 bits per heavy atom. The molecule has 1 amide bonds. The standard InChI is InChI=1S/C20H20FN3O2/c1-15-14-19(23-24(15)17-6-3-2-4-7-17)20(25)22-12-5-13-26-18-10-8-16(21)9-11-18/h2-4,6-11,14H,5,12-13H2,1H3,(H,22,25). The number of para-hydroxylation sites is 1. The summed E-state index contributed by atoms with van der Waals surface area (Å²) in [5.74, 6) is 0.0920. The van der Waals surface area contributed by atoms with Gasteiger partial charge in [-0.15, -0.1) is 0 Å². The van der Waals surface area contributed by atoms with Gasteiger partial charge in [-0.05, 0) is 55.8 Å². The highest BCUT2D eigenvalue weighted by atomic mass is 19.1. The van der Waals surface area contributed by atoms with Gasteiger partial charge in [0.05, 0.1) is 12.3 Å². The van der Waals surface area contributed by atoms with Crippen LogP contribution in [0.15, 0.2) is 60.7 Å². The molecule has 0 bridgehead atoms. The highest BCUT2D eigenvalue weighted by Crippen LogP contribution is 2.12. The van der Waals surface area contributed by atoms with Gasteiger partial charge in [-0.1, -0.05) is 18.2 Å². The van der Waals surface area contributed by atoms with Crippen molar-refractivity contribution in [2.75, 3.05) is 13.2 Å². The SMILES string of the molecule is Cc1cc(C(=O)NCCCOc2ccc(F)cc2)nn1-c1ccccc1. The molecule has 0 saturated heterocycles. The lowest BCUT2D eigenvalue weighted by Crippen LogP contribution is -2.26. The van der Waals surface area contributed by atoms with E-state index in [0.717, 1.165) is 11.4 Å². The molecule has 26 heavy (non-hydrogen) atoms. The number of amides is 1. The molecule has 3 aromatic rings. The van der Waals surface area contributed by atoms with Gasteiger partial charge in [-0.25, -0.2) is 9.07 Å². The summed E-state index contributed by atoms with van der Waals surface area (Å²) in [6, 6.07) is 17.3. The third-order valence-corrected chi connectivity index (χ3v) is 3.81. The Hall–Kier alpha value is -3.15. The summed E-state index contributed by atoms with van der Waals surface area (Å²) < 4.78 is 20.0. The lowest BCUT2D eigenvalue weighted by atomic mass is 10.3. The fourth-order valence-corrected chi connectivity index (χ4v) is 2.50. The molecule has 1 aromatic heterocycles. The van der Waals surface area contributed by atoms with Crippen molar-refractivity contribution in [1.82, 2.24) is 15.1 Å². The first-order valence-electron chi connectivity index (χ1n) is 8.42. The Morgan fingerprint density at radius 1 is 1.15 bits per heavy atom. The average Bonchev–Trinajstić information content (AvgIpc) is 3.05. The van der Waals surface area contributed by atoms with Crippen LogP contribution in [0.1, 0.15) is 22.6 Å². The second-order valence-corrected chi connectivity index (χ2v) is 5.83. The third-order valence-electron chi connectivity index (χ3n) is 3.81. The number of carbonyl (C=O) groups excluding carboxylic acids is 1. The summed E-state index contributed by atoms with van der Waals surface area (Å²) in [6.45, 7) is 2.81. The molecule has 134 valence electrons. The van der Waals surface area contributed by atoms with E-state index in [2.05, 4.69) is 10.4 Å². The van der Waals surface area contributed by atoms with Crippen molar-refractivity contribution in [3.63, 3.8) is 0 Å². The number of aryl methyl sites for hydroxylation is 1. The van der Waals surface area contributed by atoms with Gasteiger partial charge in [0.2, 0.25) is 0 Å². The Balaban J connectivity index is 1.47. The van der Waals surface area contributed by atoms with E-state index in [4.69, 9.17) is 4.74 Å².